The number of rotatable bonds is 55. The van der Waals surface area contributed by atoms with Gasteiger partial charge in [0, 0.05) is 19.3 Å². The van der Waals surface area contributed by atoms with Crippen molar-refractivity contribution in [1.82, 2.24) is 0 Å². The zero-order valence-electron chi connectivity index (χ0n) is 48.2. The van der Waals surface area contributed by atoms with E-state index in [-0.39, 0.29) is 25.9 Å². The molecule has 0 saturated heterocycles. The summed E-state index contributed by atoms with van der Waals surface area (Å²) in [5, 5.41) is 9.83. The molecular formula is C64H109O11P. The Morgan fingerprint density at radius 1 is 0.382 bits per heavy atom. The van der Waals surface area contributed by atoms with Gasteiger partial charge in [-0.05, 0) is 122 Å². The average molecular weight is 1090 g/mol. The summed E-state index contributed by atoms with van der Waals surface area (Å²) in [4.78, 5) is 48.6. The maximum Gasteiger partial charge on any atom is 0.472 e. The third kappa shape index (κ3) is 55.2. The van der Waals surface area contributed by atoms with Crippen LogP contribution in [0.4, 0.5) is 0 Å². The molecule has 0 aromatic heterocycles. The number of esters is 3. The van der Waals surface area contributed by atoms with E-state index in [0.717, 1.165) is 135 Å². The molecular weight excluding hydrogens is 976 g/mol. The van der Waals surface area contributed by atoms with E-state index in [1.807, 2.05) is 0 Å². The molecule has 0 spiro atoms. The predicted octanol–water partition coefficient (Wildman–Crippen LogP) is 18.0. The normalized spacial score (nSPS) is 14.0. The van der Waals surface area contributed by atoms with Crippen LogP contribution in [0.2, 0.25) is 0 Å². The zero-order valence-corrected chi connectivity index (χ0v) is 49.1. The highest BCUT2D eigenvalue weighted by Crippen LogP contribution is 2.43. The first-order valence-corrected chi connectivity index (χ1v) is 31.6. The van der Waals surface area contributed by atoms with Crippen LogP contribution >= 0.6 is 7.82 Å². The lowest BCUT2D eigenvalue weighted by atomic mass is 10.1. The van der Waals surface area contributed by atoms with Gasteiger partial charge in [-0.3, -0.25) is 23.4 Å². The molecule has 3 atom stereocenters. The maximum atomic E-state index is 12.9. The van der Waals surface area contributed by atoms with Gasteiger partial charge in [0.15, 0.2) is 6.10 Å². The van der Waals surface area contributed by atoms with Gasteiger partial charge < -0.3 is 24.2 Å². The third-order valence-electron chi connectivity index (χ3n) is 12.5. The van der Waals surface area contributed by atoms with Crippen LogP contribution in [0.5, 0.6) is 0 Å². The average Bonchev–Trinajstić information content (AvgIpc) is 3.41. The maximum absolute atomic E-state index is 12.9. The quantitative estimate of drug-likeness (QED) is 0.0197. The van der Waals surface area contributed by atoms with E-state index < -0.39 is 57.8 Å². The van der Waals surface area contributed by atoms with Gasteiger partial charge in [-0.25, -0.2) is 4.57 Å². The van der Waals surface area contributed by atoms with Gasteiger partial charge >= 0.3 is 25.7 Å². The van der Waals surface area contributed by atoms with Crippen molar-refractivity contribution in [3.05, 3.63) is 97.2 Å². The Labute approximate surface area is 463 Å². The molecule has 0 aliphatic heterocycles. The summed E-state index contributed by atoms with van der Waals surface area (Å²) < 4.78 is 39.5. The van der Waals surface area contributed by atoms with Gasteiger partial charge in [0.1, 0.15) is 12.7 Å². The van der Waals surface area contributed by atoms with Crippen molar-refractivity contribution in [2.45, 2.75) is 264 Å². The molecule has 3 unspecified atom stereocenters. The van der Waals surface area contributed by atoms with Gasteiger partial charge in [-0.1, -0.05) is 208 Å². The zero-order chi connectivity index (χ0) is 55.5. The SMILES string of the molecule is CC/C=C\C/C=C\C/C=C\C/C=C\C/C=C\CCCCCC(=O)OCC(COP(=O)(O)OCC(CO)OC(=O)CCCCCCC/C=C\CCCCCCCC)OC(=O)CCCCCCC/C=C\C/C=C\CCCCC. The lowest BCUT2D eigenvalue weighted by Crippen LogP contribution is -2.30. The van der Waals surface area contributed by atoms with Crippen LogP contribution < -0.4 is 0 Å². The second kappa shape index (κ2) is 57.6. The van der Waals surface area contributed by atoms with Crippen molar-refractivity contribution in [3.8, 4) is 0 Å². The highest BCUT2D eigenvalue weighted by atomic mass is 31.2. The van der Waals surface area contributed by atoms with Crippen LogP contribution in [0.1, 0.15) is 252 Å². The minimum atomic E-state index is -4.77. The van der Waals surface area contributed by atoms with Gasteiger partial charge in [-0.15, -0.1) is 0 Å². The lowest BCUT2D eigenvalue weighted by Gasteiger charge is -2.21. The Hall–Kier alpha value is -3.60. The van der Waals surface area contributed by atoms with Gasteiger partial charge in [-0.2, -0.15) is 0 Å². The minimum absolute atomic E-state index is 0.140. The van der Waals surface area contributed by atoms with Crippen LogP contribution in [0, 0.1) is 0 Å². The fraction of sp³-hybridized carbons (Fsp3) is 0.703. The second-order valence-electron chi connectivity index (χ2n) is 19.8. The fourth-order valence-electron chi connectivity index (χ4n) is 7.88. The number of hydrogen-bond donors (Lipinski definition) is 2. The van der Waals surface area contributed by atoms with Crippen molar-refractivity contribution in [3.63, 3.8) is 0 Å². The molecule has 0 heterocycles. The molecule has 0 fully saturated rings. The Morgan fingerprint density at radius 3 is 1.11 bits per heavy atom. The smallest absolute Gasteiger partial charge is 0.462 e. The van der Waals surface area contributed by atoms with Crippen molar-refractivity contribution < 1.29 is 52.2 Å². The molecule has 0 rings (SSSR count). The van der Waals surface area contributed by atoms with Gasteiger partial charge in [0.2, 0.25) is 0 Å². The molecule has 0 amide bonds. The Morgan fingerprint density at radius 2 is 0.684 bits per heavy atom. The van der Waals surface area contributed by atoms with Crippen LogP contribution in [0.25, 0.3) is 0 Å². The first-order valence-electron chi connectivity index (χ1n) is 30.1. The van der Waals surface area contributed by atoms with Gasteiger partial charge in [0.05, 0.1) is 19.8 Å². The molecule has 0 aliphatic rings. The number of phosphoric acid groups is 1. The highest BCUT2D eigenvalue weighted by Gasteiger charge is 2.28. The summed E-state index contributed by atoms with van der Waals surface area (Å²) in [5.74, 6) is -1.53. The van der Waals surface area contributed by atoms with E-state index in [4.69, 9.17) is 23.3 Å². The number of carbonyl (C=O) groups is 3. The molecule has 76 heavy (non-hydrogen) atoms. The van der Waals surface area contributed by atoms with Crippen molar-refractivity contribution in [1.29, 1.82) is 0 Å². The van der Waals surface area contributed by atoms with E-state index in [9.17, 15) is 28.9 Å². The summed E-state index contributed by atoms with van der Waals surface area (Å²) in [6.45, 7) is 4.44. The largest absolute Gasteiger partial charge is 0.472 e. The highest BCUT2D eigenvalue weighted by molar-refractivity contribution is 7.47. The predicted molar refractivity (Wildman–Crippen MR) is 316 cm³/mol. The number of aliphatic hydroxyl groups excluding tert-OH is 1. The molecule has 0 aromatic carbocycles. The summed E-state index contributed by atoms with van der Waals surface area (Å²) in [7, 11) is -4.77. The molecule has 0 aliphatic carbocycles. The van der Waals surface area contributed by atoms with E-state index in [2.05, 4.69) is 118 Å². The van der Waals surface area contributed by atoms with E-state index in [0.29, 0.717) is 19.3 Å². The third-order valence-corrected chi connectivity index (χ3v) is 13.4. The summed E-state index contributed by atoms with van der Waals surface area (Å²) in [5.41, 5.74) is 0. The Kier molecular flexibility index (Phi) is 54.8. The first kappa shape index (κ1) is 72.4. The van der Waals surface area contributed by atoms with Crippen molar-refractivity contribution in [2.75, 3.05) is 26.4 Å². The van der Waals surface area contributed by atoms with E-state index >= 15 is 0 Å². The monoisotopic (exact) mass is 1080 g/mol. The van der Waals surface area contributed by atoms with E-state index in [1.54, 1.807) is 0 Å². The number of hydrogen-bond acceptors (Lipinski definition) is 10. The van der Waals surface area contributed by atoms with Crippen LogP contribution in [-0.4, -0.2) is 66.5 Å². The standard InChI is InChI=1S/C64H109O11P/c1-4-7-10-13-16-19-22-25-28-29-30-31-34-35-38-41-44-47-50-53-62(66)71-57-61(75-64(68)55-52-49-46-43-40-37-33-27-24-21-18-15-12-9-6-3)59-73-76(69,70)72-58-60(56-65)74-63(67)54-51-48-45-42-39-36-32-26-23-20-17-14-11-8-5-2/h7,10,16,18-19,21,25-28,30-33,35,38,60-61,65H,4-6,8-9,11-15,17,20,22-24,29,34,36-37,39-59H2,1-3H3,(H,69,70)/b10-7-,19-16-,21-18-,28-25-,31-30-,32-26-,33-27-,38-35-. The van der Waals surface area contributed by atoms with Crippen LogP contribution in [0.3, 0.4) is 0 Å². The van der Waals surface area contributed by atoms with Crippen molar-refractivity contribution in [2.24, 2.45) is 0 Å². The number of allylic oxidation sites excluding steroid dienone is 16. The van der Waals surface area contributed by atoms with Crippen LogP contribution in [0.15, 0.2) is 97.2 Å². The minimum Gasteiger partial charge on any atom is -0.462 e. The molecule has 0 aromatic rings. The molecule has 436 valence electrons. The fourth-order valence-corrected chi connectivity index (χ4v) is 8.66. The molecule has 0 bridgehead atoms. The number of aliphatic hydroxyl groups is 1. The van der Waals surface area contributed by atoms with Crippen LogP contribution in [-0.2, 0) is 42.2 Å². The molecule has 0 radical (unpaired) electrons. The summed E-state index contributed by atoms with van der Waals surface area (Å²) in [6.07, 6.45) is 67.9. The van der Waals surface area contributed by atoms with E-state index in [1.165, 1.54) is 57.8 Å². The molecule has 11 nitrogen and oxygen atoms in total. The second-order valence-corrected chi connectivity index (χ2v) is 21.2. The topological polar surface area (TPSA) is 155 Å². The Bertz CT molecular complexity index is 1640. The Balaban J connectivity index is 4.80. The number of phosphoric ester groups is 1. The molecule has 2 N–H and O–H groups in total. The molecule has 12 heteroatoms. The summed E-state index contributed by atoms with van der Waals surface area (Å²) in [6, 6.07) is 0. The lowest BCUT2D eigenvalue weighted by molar-refractivity contribution is -0.161. The van der Waals surface area contributed by atoms with Crippen molar-refractivity contribution >= 4 is 25.7 Å². The number of unbranched alkanes of at least 4 members (excludes halogenated alkanes) is 22. The first-order chi connectivity index (χ1) is 37.2. The summed E-state index contributed by atoms with van der Waals surface area (Å²) >= 11 is 0. The van der Waals surface area contributed by atoms with Gasteiger partial charge in [0.25, 0.3) is 0 Å². The number of ether oxygens (including phenoxy) is 3. The number of carbonyl (C=O) groups excluding carboxylic acids is 3. The molecule has 0 saturated carbocycles.